The third kappa shape index (κ3) is 4.01. The summed E-state index contributed by atoms with van der Waals surface area (Å²) in [7, 11) is 0. The number of nitrogens with two attached hydrogens (primary N) is 1. The van der Waals surface area contributed by atoms with E-state index in [1.54, 1.807) is 12.3 Å². The van der Waals surface area contributed by atoms with Crippen LogP contribution in [0.3, 0.4) is 0 Å². The highest BCUT2D eigenvalue weighted by Crippen LogP contribution is 2.41. The summed E-state index contributed by atoms with van der Waals surface area (Å²) in [5.74, 6) is -1.62. The molecule has 9 heteroatoms. The summed E-state index contributed by atoms with van der Waals surface area (Å²) in [6.07, 6.45) is 2.02. The molecule has 0 spiro atoms. The summed E-state index contributed by atoms with van der Waals surface area (Å²) in [6.45, 7) is 3.22. The molecule has 1 aromatic carbocycles. The number of fused-ring (bicyclic) bond motifs is 3. The van der Waals surface area contributed by atoms with Crippen LogP contribution in [0, 0.1) is 18.6 Å². The second kappa shape index (κ2) is 7.92. The number of carbonyl (C=O) groups is 1. The van der Waals surface area contributed by atoms with E-state index in [1.807, 2.05) is 11.6 Å². The summed E-state index contributed by atoms with van der Waals surface area (Å²) in [4.78, 5) is 13.3. The largest absolute Gasteiger partial charge is 0.481 e. The van der Waals surface area contributed by atoms with E-state index in [9.17, 15) is 13.6 Å². The van der Waals surface area contributed by atoms with E-state index in [2.05, 4.69) is 10.4 Å². The van der Waals surface area contributed by atoms with Crippen molar-refractivity contribution in [2.24, 2.45) is 5.73 Å². The Labute approximate surface area is 170 Å². The van der Waals surface area contributed by atoms with Crippen molar-refractivity contribution < 1.29 is 18.3 Å². The average molecular weight is 418 g/mol. The molecule has 0 aliphatic carbocycles. The lowest BCUT2D eigenvalue weighted by Gasteiger charge is -2.16. The van der Waals surface area contributed by atoms with Crippen molar-refractivity contribution in [2.75, 3.05) is 13.2 Å². The Kier molecular flexibility index (Phi) is 5.33. The second-order valence-corrected chi connectivity index (χ2v) is 7.96. The van der Waals surface area contributed by atoms with E-state index in [0.29, 0.717) is 28.7 Å². The van der Waals surface area contributed by atoms with Crippen LogP contribution in [0.4, 0.5) is 8.78 Å². The second-order valence-electron chi connectivity index (χ2n) is 6.95. The van der Waals surface area contributed by atoms with Gasteiger partial charge in [0.2, 0.25) is 0 Å². The van der Waals surface area contributed by atoms with E-state index in [0.717, 1.165) is 22.9 Å². The summed E-state index contributed by atoms with van der Waals surface area (Å²) >= 11 is 1.26. The maximum absolute atomic E-state index is 13.4. The molecule has 3 N–H and O–H groups in total. The van der Waals surface area contributed by atoms with Crippen LogP contribution < -0.4 is 15.8 Å². The van der Waals surface area contributed by atoms with E-state index in [1.165, 1.54) is 23.5 Å². The van der Waals surface area contributed by atoms with Gasteiger partial charge in [0.25, 0.3) is 5.91 Å². The fourth-order valence-electron chi connectivity index (χ4n) is 3.45. The number of aryl methyl sites for hydroxylation is 1. The highest BCUT2D eigenvalue weighted by molar-refractivity contribution is 7.16. The highest BCUT2D eigenvalue weighted by Gasteiger charge is 2.24. The normalized spacial score (nSPS) is 13.8. The summed E-state index contributed by atoms with van der Waals surface area (Å²) in [5, 5.41) is 7.88. The Morgan fingerprint density at radius 1 is 1.34 bits per heavy atom. The van der Waals surface area contributed by atoms with Crippen LogP contribution in [0.2, 0.25) is 0 Å². The van der Waals surface area contributed by atoms with Gasteiger partial charge in [0, 0.05) is 18.7 Å². The van der Waals surface area contributed by atoms with Crippen LogP contribution in [-0.4, -0.2) is 34.9 Å². The number of nitrogens with zero attached hydrogens (tertiary/aromatic N) is 2. The first-order valence-electron chi connectivity index (χ1n) is 9.20. The van der Waals surface area contributed by atoms with Crippen molar-refractivity contribution in [1.82, 2.24) is 15.1 Å². The number of carbonyl (C=O) groups excluding carboxylic acids is 1. The van der Waals surface area contributed by atoms with Crippen LogP contribution in [0.5, 0.6) is 5.06 Å². The van der Waals surface area contributed by atoms with E-state index >= 15 is 0 Å². The first kappa shape index (κ1) is 19.5. The molecule has 1 aliphatic rings. The Morgan fingerprint density at radius 2 is 2.10 bits per heavy atom. The molecule has 0 unspecified atom stereocenters. The molecule has 3 aromatic rings. The lowest BCUT2D eigenvalue weighted by Crippen LogP contribution is -2.41. The summed E-state index contributed by atoms with van der Waals surface area (Å²) in [6, 6.07) is 4.62. The van der Waals surface area contributed by atoms with Crippen molar-refractivity contribution in [3.63, 3.8) is 0 Å². The standard InChI is InChI=1S/C20H20F2N4O2S/c1-11-10-24-26-2-3-28-20-16(18(11)26)8-17(29-20)19(27)25-15(9-23)6-12-4-13(21)7-14(22)5-12/h4-5,7-8,10,15H,2-3,6,9,23H2,1H3,(H,25,27)/t15-/m0/s1. The van der Waals surface area contributed by atoms with Crippen molar-refractivity contribution in [3.05, 3.63) is 58.1 Å². The zero-order valence-electron chi connectivity index (χ0n) is 15.7. The lowest BCUT2D eigenvalue weighted by atomic mass is 10.1. The molecule has 2 aromatic heterocycles. The van der Waals surface area contributed by atoms with Crippen LogP contribution in [0.1, 0.15) is 20.8 Å². The number of hydrogen-bond acceptors (Lipinski definition) is 5. The molecule has 0 bridgehead atoms. The Hall–Kier alpha value is -2.78. The van der Waals surface area contributed by atoms with Gasteiger partial charge in [-0.3, -0.25) is 9.48 Å². The van der Waals surface area contributed by atoms with E-state index < -0.39 is 17.7 Å². The molecule has 29 heavy (non-hydrogen) atoms. The molecule has 3 heterocycles. The molecule has 0 saturated carbocycles. The van der Waals surface area contributed by atoms with E-state index in [4.69, 9.17) is 10.5 Å². The maximum Gasteiger partial charge on any atom is 0.261 e. The van der Waals surface area contributed by atoms with Gasteiger partial charge < -0.3 is 15.8 Å². The molecule has 1 atom stereocenters. The molecular formula is C20H20F2N4O2S. The average Bonchev–Trinajstić information content (AvgIpc) is 3.19. The topological polar surface area (TPSA) is 82.2 Å². The van der Waals surface area contributed by atoms with Crippen molar-refractivity contribution >= 4 is 17.2 Å². The number of nitrogens with one attached hydrogen (secondary N) is 1. The number of amides is 1. The van der Waals surface area contributed by atoms with Gasteiger partial charge in [-0.05, 0) is 42.7 Å². The van der Waals surface area contributed by atoms with E-state index in [-0.39, 0.29) is 18.9 Å². The molecule has 6 nitrogen and oxygen atoms in total. The summed E-state index contributed by atoms with van der Waals surface area (Å²) in [5.41, 5.74) is 9.00. The maximum atomic E-state index is 13.4. The Morgan fingerprint density at radius 3 is 2.83 bits per heavy atom. The molecule has 0 radical (unpaired) electrons. The first-order valence-corrected chi connectivity index (χ1v) is 10.0. The minimum atomic E-state index is -0.659. The molecule has 0 fully saturated rings. The SMILES string of the molecule is Cc1cnn2c1-c1cc(C(=O)N[C@H](CN)Cc3cc(F)cc(F)c3)sc1OCC2. The molecule has 1 aliphatic heterocycles. The van der Waals surface area contributed by atoms with Gasteiger partial charge in [0.05, 0.1) is 28.9 Å². The number of aromatic nitrogens is 2. The van der Waals surface area contributed by atoms with Crippen molar-refractivity contribution in [3.8, 4) is 16.3 Å². The van der Waals surface area contributed by atoms with Gasteiger partial charge in [-0.25, -0.2) is 8.78 Å². The number of ether oxygens (including phenoxy) is 1. The third-order valence-corrected chi connectivity index (χ3v) is 5.81. The molecule has 1 amide bonds. The van der Waals surface area contributed by atoms with Gasteiger partial charge in [0.15, 0.2) is 5.06 Å². The van der Waals surface area contributed by atoms with Crippen molar-refractivity contribution in [2.45, 2.75) is 25.9 Å². The fourth-order valence-corrected chi connectivity index (χ4v) is 4.38. The molecule has 152 valence electrons. The molecule has 0 saturated heterocycles. The smallest absolute Gasteiger partial charge is 0.261 e. The number of hydrogen-bond donors (Lipinski definition) is 2. The minimum absolute atomic E-state index is 0.136. The quantitative estimate of drug-likeness (QED) is 0.668. The van der Waals surface area contributed by atoms with Crippen LogP contribution in [-0.2, 0) is 13.0 Å². The first-order chi connectivity index (χ1) is 13.9. The van der Waals surface area contributed by atoms with Gasteiger partial charge in [-0.2, -0.15) is 5.10 Å². The number of thiophene rings is 1. The monoisotopic (exact) mass is 418 g/mol. The number of halogens is 2. The van der Waals surface area contributed by atoms with Gasteiger partial charge in [-0.15, -0.1) is 0 Å². The van der Waals surface area contributed by atoms with Crippen LogP contribution >= 0.6 is 11.3 Å². The fraction of sp³-hybridized carbons (Fsp3) is 0.300. The van der Waals surface area contributed by atoms with Gasteiger partial charge in [0.1, 0.15) is 18.2 Å². The zero-order valence-corrected chi connectivity index (χ0v) is 16.6. The Balaban J connectivity index is 1.54. The van der Waals surface area contributed by atoms with Crippen molar-refractivity contribution in [1.29, 1.82) is 0 Å². The molecule has 4 rings (SSSR count). The predicted molar refractivity (Wildman–Crippen MR) is 106 cm³/mol. The third-order valence-electron chi connectivity index (χ3n) is 4.76. The number of benzene rings is 1. The van der Waals surface area contributed by atoms with Crippen LogP contribution in [0.25, 0.3) is 11.3 Å². The number of rotatable bonds is 5. The Bertz CT molecular complexity index is 1040. The summed E-state index contributed by atoms with van der Waals surface area (Å²) < 4.78 is 34.5. The zero-order chi connectivity index (χ0) is 20.5. The van der Waals surface area contributed by atoms with Gasteiger partial charge in [-0.1, -0.05) is 11.3 Å². The lowest BCUT2D eigenvalue weighted by molar-refractivity contribution is 0.0942. The highest BCUT2D eigenvalue weighted by atomic mass is 32.1. The minimum Gasteiger partial charge on any atom is -0.481 e. The van der Waals surface area contributed by atoms with Crippen LogP contribution in [0.15, 0.2) is 30.5 Å². The van der Waals surface area contributed by atoms with Gasteiger partial charge >= 0.3 is 0 Å². The molecular weight excluding hydrogens is 398 g/mol. The predicted octanol–water partition coefficient (Wildman–Crippen LogP) is 2.89.